The summed E-state index contributed by atoms with van der Waals surface area (Å²) in [5, 5.41) is 5.66. The van der Waals surface area contributed by atoms with Crippen molar-refractivity contribution in [3.05, 3.63) is 40.9 Å². The number of alkyl carbamates (subject to hydrolysis) is 1. The van der Waals surface area contributed by atoms with Crippen LogP contribution in [0.5, 0.6) is 5.75 Å². The molecule has 140 valence electrons. The molecule has 1 amide bonds. The maximum atomic E-state index is 11.5. The van der Waals surface area contributed by atoms with Crippen LogP contribution >= 0.6 is 15.9 Å². The van der Waals surface area contributed by atoms with Gasteiger partial charge in [0.15, 0.2) is 5.75 Å². The zero-order valence-electron chi connectivity index (χ0n) is 15.0. The maximum Gasteiger partial charge on any atom is 0.407 e. The lowest BCUT2D eigenvalue weighted by Crippen LogP contribution is -2.35. The second-order valence-electron chi connectivity index (χ2n) is 6.38. The molecule has 2 rings (SSSR count). The first-order valence-electron chi connectivity index (χ1n) is 8.08. The van der Waals surface area contributed by atoms with Gasteiger partial charge in [-0.1, -0.05) is 6.07 Å². The lowest BCUT2D eigenvalue weighted by atomic mass is 10.2. The maximum absolute atomic E-state index is 11.5. The van der Waals surface area contributed by atoms with Gasteiger partial charge in [0.25, 0.3) is 0 Å². The molecule has 0 aliphatic heterocycles. The van der Waals surface area contributed by atoms with Crippen molar-refractivity contribution in [3.63, 3.8) is 0 Å². The van der Waals surface area contributed by atoms with Crippen molar-refractivity contribution < 1.29 is 14.3 Å². The number of aromatic nitrogens is 3. The van der Waals surface area contributed by atoms with Gasteiger partial charge in [0.05, 0.1) is 12.4 Å². The monoisotopic (exact) mass is 423 g/mol. The highest BCUT2D eigenvalue weighted by Crippen LogP contribution is 2.12. The second-order valence-corrected chi connectivity index (χ2v) is 7.19. The zero-order valence-corrected chi connectivity index (χ0v) is 16.5. The summed E-state index contributed by atoms with van der Waals surface area (Å²) in [7, 11) is 0. The summed E-state index contributed by atoms with van der Waals surface area (Å²) < 4.78 is 11.5. The standard InChI is InChI=1S/C17H22BrN5O3/c1-17(2,3)26-16(24)20-7-6-19-15-22-9-13(10-23-15)25-11-12-4-5-14(18)21-8-12/h4-5,8-10H,6-7,11H2,1-3H3,(H,20,24)(H,19,22,23). The van der Waals surface area contributed by atoms with E-state index in [9.17, 15) is 4.79 Å². The molecular formula is C17H22BrN5O3. The lowest BCUT2D eigenvalue weighted by Gasteiger charge is -2.19. The molecule has 2 aromatic rings. The van der Waals surface area contributed by atoms with Crippen LogP contribution in [0.15, 0.2) is 35.3 Å². The van der Waals surface area contributed by atoms with E-state index in [1.165, 1.54) is 0 Å². The van der Waals surface area contributed by atoms with E-state index in [0.29, 0.717) is 31.4 Å². The average molecular weight is 424 g/mol. The number of pyridine rings is 1. The Morgan fingerprint density at radius 3 is 2.46 bits per heavy atom. The van der Waals surface area contributed by atoms with E-state index in [4.69, 9.17) is 9.47 Å². The Labute approximate surface area is 160 Å². The first kappa shape index (κ1) is 19.9. The number of nitrogens with zero attached hydrogens (tertiary/aromatic N) is 3. The number of carbonyl (C=O) groups is 1. The molecular weight excluding hydrogens is 402 g/mol. The Kier molecular flexibility index (Phi) is 7.14. The van der Waals surface area contributed by atoms with Crippen molar-refractivity contribution in [1.82, 2.24) is 20.3 Å². The van der Waals surface area contributed by atoms with Gasteiger partial charge >= 0.3 is 6.09 Å². The van der Waals surface area contributed by atoms with E-state index in [1.807, 2.05) is 32.9 Å². The number of carbonyl (C=O) groups excluding carboxylic acids is 1. The zero-order chi connectivity index (χ0) is 19.0. The molecule has 0 bridgehead atoms. The molecule has 9 heteroatoms. The summed E-state index contributed by atoms with van der Waals surface area (Å²) in [6.07, 6.45) is 4.45. The third kappa shape index (κ3) is 7.64. The molecule has 0 radical (unpaired) electrons. The van der Waals surface area contributed by atoms with Gasteiger partial charge in [-0.25, -0.2) is 19.7 Å². The highest BCUT2D eigenvalue weighted by Gasteiger charge is 2.15. The fourth-order valence-electron chi connectivity index (χ4n) is 1.79. The van der Waals surface area contributed by atoms with Crippen LogP contribution in [-0.4, -0.2) is 39.7 Å². The Morgan fingerprint density at radius 2 is 1.85 bits per heavy atom. The van der Waals surface area contributed by atoms with Gasteiger partial charge in [0, 0.05) is 24.8 Å². The van der Waals surface area contributed by atoms with Crippen molar-refractivity contribution in [1.29, 1.82) is 0 Å². The van der Waals surface area contributed by atoms with Gasteiger partial charge in [-0.05, 0) is 42.8 Å². The van der Waals surface area contributed by atoms with Gasteiger partial charge < -0.3 is 20.1 Å². The smallest absolute Gasteiger partial charge is 0.407 e. The van der Waals surface area contributed by atoms with Crippen molar-refractivity contribution in [2.24, 2.45) is 0 Å². The van der Waals surface area contributed by atoms with Crippen molar-refractivity contribution in [2.75, 3.05) is 18.4 Å². The molecule has 0 aromatic carbocycles. The van der Waals surface area contributed by atoms with Gasteiger partial charge in [-0.2, -0.15) is 0 Å². The van der Waals surface area contributed by atoms with Crippen LogP contribution in [0.4, 0.5) is 10.7 Å². The predicted molar refractivity (Wildman–Crippen MR) is 101 cm³/mol. The molecule has 8 nitrogen and oxygen atoms in total. The van der Waals surface area contributed by atoms with E-state index in [0.717, 1.165) is 10.2 Å². The first-order chi connectivity index (χ1) is 12.3. The Balaban J connectivity index is 1.68. The van der Waals surface area contributed by atoms with Crippen LogP contribution in [-0.2, 0) is 11.3 Å². The van der Waals surface area contributed by atoms with Gasteiger partial charge in [0.2, 0.25) is 5.95 Å². The fourth-order valence-corrected chi connectivity index (χ4v) is 2.03. The van der Waals surface area contributed by atoms with Gasteiger partial charge in [-0.3, -0.25) is 0 Å². The quantitative estimate of drug-likeness (QED) is 0.521. The summed E-state index contributed by atoms with van der Waals surface area (Å²) >= 11 is 3.29. The van der Waals surface area contributed by atoms with Crippen LogP contribution in [0.2, 0.25) is 0 Å². The topological polar surface area (TPSA) is 98.3 Å². The van der Waals surface area contributed by atoms with Crippen LogP contribution in [0, 0.1) is 0 Å². The molecule has 0 atom stereocenters. The second kappa shape index (κ2) is 9.33. The summed E-state index contributed by atoms with van der Waals surface area (Å²) in [4.78, 5) is 24.0. The number of anilines is 1. The van der Waals surface area contributed by atoms with E-state index in [-0.39, 0.29) is 0 Å². The minimum absolute atomic E-state index is 0.385. The molecule has 0 unspecified atom stereocenters. The molecule has 26 heavy (non-hydrogen) atoms. The van der Waals surface area contributed by atoms with Crippen LogP contribution in [0.25, 0.3) is 0 Å². The molecule has 0 fully saturated rings. The number of nitrogens with one attached hydrogen (secondary N) is 2. The van der Waals surface area contributed by atoms with E-state index in [2.05, 4.69) is 41.5 Å². The summed E-state index contributed by atoms with van der Waals surface area (Å²) in [5.74, 6) is 1.01. The highest BCUT2D eigenvalue weighted by atomic mass is 79.9. The average Bonchev–Trinajstić information content (AvgIpc) is 2.58. The summed E-state index contributed by atoms with van der Waals surface area (Å²) in [6.45, 7) is 6.70. The number of hydrogen-bond acceptors (Lipinski definition) is 7. The number of rotatable bonds is 7. The first-order valence-corrected chi connectivity index (χ1v) is 8.87. The Bertz CT molecular complexity index is 702. The number of amides is 1. The fraction of sp³-hybridized carbons (Fsp3) is 0.412. The molecule has 0 saturated carbocycles. The number of halogens is 1. The van der Waals surface area contributed by atoms with Crippen molar-refractivity contribution in [3.8, 4) is 5.75 Å². The molecule has 2 N–H and O–H groups in total. The Hall–Kier alpha value is -2.42. The molecule has 0 aliphatic carbocycles. The predicted octanol–water partition coefficient (Wildman–Crippen LogP) is 3.15. The highest BCUT2D eigenvalue weighted by molar-refractivity contribution is 9.10. The molecule has 2 heterocycles. The normalized spacial score (nSPS) is 10.9. The summed E-state index contributed by atoms with van der Waals surface area (Å²) in [5.41, 5.74) is 0.437. The minimum Gasteiger partial charge on any atom is -0.486 e. The number of ether oxygens (including phenoxy) is 2. The van der Waals surface area contributed by atoms with Crippen LogP contribution in [0.1, 0.15) is 26.3 Å². The number of hydrogen-bond donors (Lipinski definition) is 2. The van der Waals surface area contributed by atoms with E-state index in [1.54, 1.807) is 18.6 Å². The lowest BCUT2D eigenvalue weighted by molar-refractivity contribution is 0.0530. The molecule has 0 aliphatic rings. The SMILES string of the molecule is CC(C)(C)OC(=O)NCCNc1ncc(OCc2ccc(Br)nc2)cn1. The Morgan fingerprint density at radius 1 is 1.12 bits per heavy atom. The van der Waals surface area contributed by atoms with Crippen LogP contribution in [0.3, 0.4) is 0 Å². The third-order valence-electron chi connectivity index (χ3n) is 2.90. The molecule has 0 spiro atoms. The molecule has 2 aromatic heterocycles. The third-order valence-corrected chi connectivity index (χ3v) is 3.37. The van der Waals surface area contributed by atoms with Gasteiger partial charge in [-0.15, -0.1) is 0 Å². The van der Waals surface area contributed by atoms with E-state index < -0.39 is 11.7 Å². The molecule has 0 saturated heterocycles. The van der Waals surface area contributed by atoms with Crippen LogP contribution < -0.4 is 15.4 Å². The minimum atomic E-state index is -0.511. The van der Waals surface area contributed by atoms with Gasteiger partial charge in [0.1, 0.15) is 16.8 Å². The summed E-state index contributed by atoms with van der Waals surface area (Å²) in [6, 6.07) is 3.78. The van der Waals surface area contributed by atoms with Crippen molar-refractivity contribution >= 4 is 28.0 Å². The van der Waals surface area contributed by atoms with Crippen molar-refractivity contribution in [2.45, 2.75) is 33.0 Å². The van der Waals surface area contributed by atoms with E-state index >= 15 is 0 Å². The largest absolute Gasteiger partial charge is 0.486 e.